The number of hydrogen-bond acceptors (Lipinski definition) is 8. The van der Waals surface area contributed by atoms with Gasteiger partial charge >= 0.3 is 24.5 Å². The Morgan fingerprint density at radius 2 is 1.73 bits per heavy atom. The zero-order valence-corrected chi connectivity index (χ0v) is 24.6. The number of carbonyl (C=O) groups is 5. The lowest BCUT2D eigenvalue weighted by atomic mass is 9.99. The van der Waals surface area contributed by atoms with Crippen LogP contribution in [0.2, 0.25) is 0 Å². The van der Waals surface area contributed by atoms with E-state index in [9.17, 15) is 42.3 Å². The van der Waals surface area contributed by atoms with Gasteiger partial charge in [-0.25, -0.2) is 14.4 Å². The number of benzene rings is 2. The Bertz CT molecular complexity index is 1380. The molecule has 3 atom stereocenters. The highest BCUT2D eigenvalue weighted by Crippen LogP contribution is 2.32. The van der Waals surface area contributed by atoms with Gasteiger partial charge in [-0.05, 0) is 51.0 Å². The highest BCUT2D eigenvalue weighted by molar-refractivity contribution is 6.03. The number of nitrogens with zero attached hydrogens (tertiary/aromatic N) is 1. The molecule has 244 valence electrons. The van der Waals surface area contributed by atoms with Crippen molar-refractivity contribution in [1.29, 1.82) is 0 Å². The number of likely N-dealkylation sites (tertiary alicyclic amines) is 1. The first-order valence-electron chi connectivity index (χ1n) is 13.7. The van der Waals surface area contributed by atoms with Gasteiger partial charge < -0.3 is 30.1 Å². The molecule has 0 aromatic heterocycles. The van der Waals surface area contributed by atoms with Crippen molar-refractivity contribution in [2.24, 2.45) is 0 Å². The molecule has 3 rings (SSSR count). The molecule has 0 spiro atoms. The van der Waals surface area contributed by atoms with E-state index in [0.29, 0.717) is 12.1 Å². The van der Waals surface area contributed by atoms with Crippen molar-refractivity contribution in [3.63, 3.8) is 0 Å². The number of aldehydes is 1. The molecule has 0 bridgehead atoms. The second-order valence-corrected chi connectivity index (χ2v) is 11.1. The number of ether oxygens (including phenoxy) is 2. The van der Waals surface area contributed by atoms with Gasteiger partial charge in [-0.15, -0.1) is 0 Å². The number of halogens is 3. The number of alkyl halides is 3. The summed E-state index contributed by atoms with van der Waals surface area (Å²) in [4.78, 5) is 62.7. The third-order valence-electron chi connectivity index (χ3n) is 6.44. The van der Waals surface area contributed by atoms with E-state index in [4.69, 9.17) is 9.47 Å². The minimum absolute atomic E-state index is 0.0393. The van der Waals surface area contributed by atoms with E-state index in [1.807, 2.05) is 0 Å². The minimum Gasteiger partial charge on any atom is -0.465 e. The summed E-state index contributed by atoms with van der Waals surface area (Å²) in [6.45, 7) is 4.48. The number of rotatable bonds is 9. The summed E-state index contributed by atoms with van der Waals surface area (Å²) < 4.78 is 50.8. The van der Waals surface area contributed by atoms with Crippen LogP contribution < -0.4 is 21.3 Å². The number of carbonyl (C=O) groups excluding carboxylic acids is 4. The molecule has 16 heteroatoms. The normalized spacial score (nSPS) is 17.4. The molecule has 5 N–H and O–H groups in total. The predicted molar refractivity (Wildman–Crippen MR) is 153 cm³/mol. The summed E-state index contributed by atoms with van der Waals surface area (Å²) in [6, 6.07) is 9.17. The molecule has 0 saturated carbocycles. The fourth-order valence-electron chi connectivity index (χ4n) is 4.38. The molecule has 2 aromatic rings. The van der Waals surface area contributed by atoms with E-state index in [1.54, 1.807) is 51.1 Å². The standard InChI is InChI=1S/C29H34F3N5O8/c1-28(2,3)45-26(41)34-20-10-9-18(29(30,31)32)13-19(20)24(39)36-23(15-38)33-22-14-37(27(42)43)12-11-21(22)35-25(40)44-16-17-7-5-4-6-8-17/h4-10,13,15,21-23,33H,11-12,14,16H2,1-3H3,(H,34,41)(H,35,40)(H,36,39)(H,42,43). The zero-order valence-electron chi connectivity index (χ0n) is 24.6. The maximum absolute atomic E-state index is 13.5. The second kappa shape index (κ2) is 14.7. The maximum Gasteiger partial charge on any atom is 0.416 e. The lowest BCUT2D eigenvalue weighted by molar-refractivity contribution is -0.137. The van der Waals surface area contributed by atoms with Crippen molar-refractivity contribution in [3.8, 4) is 0 Å². The maximum atomic E-state index is 13.5. The van der Waals surface area contributed by atoms with E-state index in [0.717, 1.165) is 16.5 Å². The van der Waals surface area contributed by atoms with Crippen LogP contribution in [0.1, 0.15) is 48.7 Å². The fourth-order valence-corrected chi connectivity index (χ4v) is 4.38. The van der Waals surface area contributed by atoms with Crippen molar-refractivity contribution in [2.45, 2.75) is 63.8 Å². The lowest BCUT2D eigenvalue weighted by Gasteiger charge is -2.39. The molecule has 1 heterocycles. The summed E-state index contributed by atoms with van der Waals surface area (Å²) >= 11 is 0. The smallest absolute Gasteiger partial charge is 0.416 e. The molecule has 0 radical (unpaired) electrons. The van der Waals surface area contributed by atoms with Gasteiger partial charge in [0.25, 0.3) is 5.91 Å². The highest BCUT2D eigenvalue weighted by atomic mass is 19.4. The molecular weight excluding hydrogens is 603 g/mol. The Kier molecular flexibility index (Phi) is 11.3. The van der Waals surface area contributed by atoms with E-state index >= 15 is 0 Å². The van der Waals surface area contributed by atoms with E-state index < -0.39 is 65.3 Å². The highest BCUT2D eigenvalue weighted by Gasteiger charge is 2.36. The molecule has 1 aliphatic heterocycles. The van der Waals surface area contributed by atoms with Crippen LogP contribution in [0.4, 0.5) is 33.2 Å². The Hall–Kier alpha value is -4.86. The SMILES string of the molecule is CC(C)(C)OC(=O)Nc1ccc(C(F)(F)F)cc1C(=O)NC(C=O)NC1CN(C(=O)O)CCC1NC(=O)OCc1ccccc1. The number of hydrogen-bond donors (Lipinski definition) is 5. The van der Waals surface area contributed by atoms with Crippen molar-refractivity contribution >= 4 is 36.2 Å². The first kappa shape index (κ1) is 34.6. The van der Waals surface area contributed by atoms with Crippen LogP contribution in [0.5, 0.6) is 0 Å². The zero-order chi connectivity index (χ0) is 33.4. The van der Waals surface area contributed by atoms with Gasteiger partial charge in [0.15, 0.2) is 6.29 Å². The Labute approximate surface area is 256 Å². The van der Waals surface area contributed by atoms with Gasteiger partial charge in [0, 0.05) is 19.1 Å². The third kappa shape index (κ3) is 10.7. The molecule has 4 amide bonds. The lowest BCUT2D eigenvalue weighted by Crippen LogP contribution is -2.64. The van der Waals surface area contributed by atoms with Crippen molar-refractivity contribution < 1.29 is 51.7 Å². The summed E-state index contributed by atoms with van der Waals surface area (Å²) in [5.41, 5.74) is -2.37. The van der Waals surface area contributed by atoms with Gasteiger partial charge in [0.2, 0.25) is 0 Å². The first-order chi connectivity index (χ1) is 21.1. The van der Waals surface area contributed by atoms with Crippen LogP contribution in [0.25, 0.3) is 0 Å². The summed E-state index contributed by atoms with van der Waals surface area (Å²) in [7, 11) is 0. The van der Waals surface area contributed by atoms with E-state index in [2.05, 4.69) is 21.3 Å². The Balaban J connectivity index is 1.77. The third-order valence-corrected chi connectivity index (χ3v) is 6.44. The van der Waals surface area contributed by atoms with Crippen LogP contribution in [-0.4, -0.2) is 77.4 Å². The number of carboxylic acid groups (broad SMARTS) is 1. The molecule has 3 unspecified atom stereocenters. The topological polar surface area (TPSA) is 175 Å². The summed E-state index contributed by atoms with van der Waals surface area (Å²) in [5, 5.41) is 19.4. The first-order valence-corrected chi connectivity index (χ1v) is 13.7. The van der Waals surface area contributed by atoms with Gasteiger partial charge in [-0.3, -0.25) is 20.2 Å². The number of nitrogens with one attached hydrogen (secondary N) is 4. The van der Waals surface area contributed by atoms with Crippen LogP contribution in [0, 0.1) is 0 Å². The molecule has 1 saturated heterocycles. The fraction of sp³-hybridized carbons (Fsp3) is 0.414. The van der Waals surface area contributed by atoms with Gasteiger partial charge in [-0.2, -0.15) is 13.2 Å². The van der Waals surface area contributed by atoms with Gasteiger partial charge in [-0.1, -0.05) is 30.3 Å². The van der Waals surface area contributed by atoms with Crippen LogP contribution >= 0.6 is 0 Å². The van der Waals surface area contributed by atoms with Gasteiger partial charge in [0.05, 0.1) is 22.9 Å². The number of anilines is 1. The number of alkyl carbamates (subject to hydrolysis) is 1. The van der Waals surface area contributed by atoms with Crippen molar-refractivity contribution in [3.05, 3.63) is 65.2 Å². The predicted octanol–water partition coefficient (Wildman–Crippen LogP) is 3.94. The summed E-state index contributed by atoms with van der Waals surface area (Å²) in [6.07, 6.45) is -9.14. The molecule has 1 fully saturated rings. The molecule has 2 aromatic carbocycles. The molecule has 1 aliphatic rings. The molecule has 45 heavy (non-hydrogen) atoms. The van der Waals surface area contributed by atoms with E-state index in [-0.39, 0.29) is 38.1 Å². The average Bonchev–Trinajstić information content (AvgIpc) is 2.95. The van der Waals surface area contributed by atoms with Crippen LogP contribution in [0.3, 0.4) is 0 Å². The van der Waals surface area contributed by atoms with Crippen LogP contribution in [0.15, 0.2) is 48.5 Å². The molecular formula is C29H34F3N5O8. The Morgan fingerprint density at radius 3 is 2.33 bits per heavy atom. The van der Waals surface area contributed by atoms with Gasteiger partial charge in [0.1, 0.15) is 18.4 Å². The minimum atomic E-state index is -4.84. The molecule has 0 aliphatic carbocycles. The van der Waals surface area contributed by atoms with Crippen molar-refractivity contribution in [2.75, 3.05) is 18.4 Å². The van der Waals surface area contributed by atoms with Crippen molar-refractivity contribution in [1.82, 2.24) is 20.9 Å². The second-order valence-electron chi connectivity index (χ2n) is 11.1. The Morgan fingerprint density at radius 1 is 1.04 bits per heavy atom. The summed E-state index contributed by atoms with van der Waals surface area (Å²) in [5.74, 6) is -1.17. The molecule has 13 nitrogen and oxygen atoms in total. The monoisotopic (exact) mass is 637 g/mol. The largest absolute Gasteiger partial charge is 0.465 e. The quantitative estimate of drug-likeness (QED) is 0.201. The average molecular weight is 638 g/mol. The number of piperidine rings is 1. The van der Waals surface area contributed by atoms with E-state index in [1.165, 1.54) is 0 Å². The number of amides is 4. The van der Waals surface area contributed by atoms with Crippen LogP contribution in [-0.2, 0) is 27.1 Å².